The fourth-order valence-corrected chi connectivity index (χ4v) is 3.96. The SMILES string of the molecule is O=C(c1ccc2c(c1)OCO2)N1CCC[C@@H](Cc2nc(-c3ccccc3F)no2)C1. The summed E-state index contributed by atoms with van der Waals surface area (Å²) in [6.45, 7) is 1.48. The van der Waals surface area contributed by atoms with Crippen LogP contribution in [0.1, 0.15) is 29.1 Å². The summed E-state index contributed by atoms with van der Waals surface area (Å²) in [5.41, 5.74) is 0.898. The van der Waals surface area contributed by atoms with Gasteiger partial charge in [-0.3, -0.25) is 4.79 Å². The van der Waals surface area contributed by atoms with Crippen LogP contribution in [0.2, 0.25) is 0 Å². The Morgan fingerprint density at radius 2 is 2.03 bits per heavy atom. The smallest absolute Gasteiger partial charge is 0.254 e. The molecule has 7 nitrogen and oxygen atoms in total. The Bertz CT molecular complexity index is 1080. The van der Waals surface area contributed by atoms with Gasteiger partial charge in [-0.1, -0.05) is 17.3 Å². The van der Waals surface area contributed by atoms with Gasteiger partial charge in [-0.2, -0.15) is 4.98 Å². The highest BCUT2D eigenvalue weighted by atomic mass is 19.1. The molecule has 0 N–H and O–H groups in total. The van der Waals surface area contributed by atoms with Gasteiger partial charge in [0.25, 0.3) is 5.91 Å². The quantitative estimate of drug-likeness (QED) is 0.654. The number of ether oxygens (including phenoxy) is 2. The summed E-state index contributed by atoms with van der Waals surface area (Å²) in [7, 11) is 0. The molecule has 30 heavy (non-hydrogen) atoms. The molecule has 2 aliphatic heterocycles. The first-order valence-corrected chi connectivity index (χ1v) is 9.94. The number of aromatic nitrogens is 2. The van der Waals surface area contributed by atoms with Gasteiger partial charge in [-0.25, -0.2) is 4.39 Å². The maximum absolute atomic E-state index is 13.9. The lowest BCUT2D eigenvalue weighted by Gasteiger charge is -2.32. The number of likely N-dealkylation sites (tertiary alicyclic amines) is 1. The lowest BCUT2D eigenvalue weighted by atomic mass is 9.94. The monoisotopic (exact) mass is 409 g/mol. The molecule has 5 rings (SSSR count). The predicted molar refractivity (Wildman–Crippen MR) is 105 cm³/mol. The Morgan fingerprint density at radius 1 is 1.17 bits per heavy atom. The van der Waals surface area contributed by atoms with E-state index < -0.39 is 0 Å². The second kappa shape index (κ2) is 7.78. The number of hydrogen-bond donors (Lipinski definition) is 0. The normalized spacial score (nSPS) is 17.9. The van der Waals surface area contributed by atoms with Crippen LogP contribution in [-0.4, -0.2) is 40.8 Å². The van der Waals surface area contributed by atoms with Gasteiger partial charge >= 0.3 is 0 Å². The maximum Gasteiger partial charge on any atom is 0.254 e. The van der Waals surface area contributed by atoms with E-state index in [1.807, 2.05) is 4.90 Å². The molecular formula is C22H20FN3O4. The molecule has 1 fully saturated rings. The van der Waals surface area contributed by atoms with E-state index in [4.69, 9.17) is 14.0 Å². The molecule has 0 unspecified atom stereocenters. The van der Waals surface area contributed by atoms with Crippen LogP contribution in [0, 0.1) is 11.7 Å². The van der Waals surface area contributed by atoms with Crippen LogP contribution in [0.25, 0.3) is 11.4 Å². The Labute approximate surface area is 172 Å². The van der Waals surface area contributed by atoms with Gasteiger partial charge < -0.3 is 18.9 Å². The second-order valence-electron chi connectivity index (χ2n) is 7.52. The molecule has 0 saturated carbocycles. The highest BCUT2D eigenvalue weighted by Crippen LogP contribution is 2.33. The third-order valence-electron chi connectivity index (χ3n) is 5.47. The zero-order valence-corrected chi connectivity index (χ0v) is 16.2. The summed E-state index contributed by atoms with van der Waals surface area (Å²) < 4.78 is 30.0. The molecule has 1 amide bonds. The van der Waals surface area contributed by atoms with Crippen LogP contribution in [0.15, 0.2) is 47.0 Å². The fraction of sp³-hybridized carbons (Fsp3) is 0.318. The third kappa shape index (κ3) is 3.60. The Kier molecular flexibility index (Phi) is 4.82. The van der Waals surface area contributed by atoms with Crippen LogP contribution in [0.5, 0.6) is 11.5 Å². The van der Waals surface area contributed by atoms with Gasteiger partial charge in [-0.05, 0) is 49.1 Å². The molecule has 1 atom stereocenters. The van der Waals surface area contributed by atoms with E-state index in [2.05, 4.69) is 10.1 Å². The molecular weight excluding hydrogens is 389 g/mol. The number of halogens is 1. The van der Waals surface area contributed by atoms with E-state index in [9.17, 15) is 9.18 Å². The number of fused-ring (bicyclic) bond motifs is 1. The van der Waals surface area contributed by atoms with Crippen molar-refractivity contribution in [3.63, 3.8) is 0 Å². The highest BCUT2D eigenvalue weighted by molar-refractivity contribution is 5.95. The van der Waals surface area contributed by atoms with Crippen LogP contribution in [0.3, 0.4) is 0 Å². The average Bonchev–Trinajstić information content (AvgIpc) is 3.42. The van der Waals surface area contributed by atoms with Crippen molar-refractivity contribution >= 4 is 5.91 Å². The molecule has 0 aliphatic carbocycles. The molecule has 1 saturated heterocycles. The summed E-state index contributed by atoms with van der Waals surface area (Å²) in [6, 6.07) is 11.6. The zero-order valence-electron chi connectivity index (χ0n) is 16.2. The first kappa shape index (κ1) is 18.6. The molecule has 3 aromatic rings. The fourth-order valence-electron chi connectivity index (χ4n) is 3.96. The molecule has 8 heteroatoms. The van der Waals surface area contributed by atoms with E-state index in [0.717, 1.165) is 12.8 Å². The number of rotatable bonds is 4. The summed E-state index contributed by atoms with van der Waals surface area (Å²) >= 11 is 0. The number of hydrogen-bond acceptors (Lipinski definition) is 6. The Hall–Kier alpha value is -3.42. The molecule has 0 bridgehead atoms. The maximum atomic E-state index is 13.9. The standard InChI is InChI=1S/C22H20FN3O4/c23-17-6-2-1-5-16(17)21-24-20(30-25-21)10-14-4-3-9-26(12-14)22(27)15-7-8-18-19(11-15)29-13-28-18/h1-2,5-8,11,14H,3-4,9-10,12-13H2/t14-/m0/s1. The summed E-state index contributed by atoms with van der Waals surface area (Å²) in [4.78, 5) is 19.2. The van der Waals surface area contributed by atoms with E-state index in [1.165, 1.54) is 6.07 Å². The van der Waals surface area contributed by atoms with Crippen molar-refractivity contribution in [2.45, 2.75) is 19.3 Å². The van der Waals surface area contributed by atoms with E-state index in [-0.39, 0.29) is 30.3 Å². The summed E-state index contributed by atoms with van der Waals surface area (Å²) in [5.74, 6) is 1.73. The molecule has 154 valence electrons. The van der Waals surface area contributed by atoms with Crippen molar-refractivity contribution < 1.29 is 23.2 Å². The number of amides is 1. The lowest BCUT2D eigenvalue weighted by molar-refractivity contribution is 0.0667. The molecule has 2 aromatic carbocycles. The first-order valence-electron chi connectivity index (χ1n) is 9.94. The van der Waals surface area contributed by atoms with E-state index >= 15 is 0 Å². The van der Waals surface area contributed by atoms with Crippen molar-refractivity contribution in [3.8, 4) is 22.9 Å². The van der Waals surface area contributed by atoms with Crippen molar-refractivity contribution in [3.05, 3.63) is 59.7 Å². The van der Waals surface area contributed by atoms with Gasteiger partial charge in [0.05, 0.1) is 5.56 Å². The summed E-state index contributed by atoms with van der Waals surface area (Å²) in [5, 5.41) is 3.92. The Balaban J connectivity index is 1.26. The van der Waals surface area contributed by atoms with Crippen LogP contribution in [-0.2, 0) is 6.42 Å². The van der Waals surface area contributed by atoms with Crippen molar-refractivity contribution in [1.82, 2.24) is 15.0 Å². The average molecular weight is 409 g/mol. The number of nitrogens with zero attached hydrogens (tertiary/aromatic N) is 3. The Morgan fingerprint density at radius 3 is 2.93 bits per heavy atom. The van der Waals surface area contributed by atoms with Gasteiger partial charge in [0.2, 0.25) is 18.5 Å². The number of piperidine rings is 1. The lowest BCUT2D eigenvalue weighted by Crippen LogP contribution is -2.40. The number of carbonyl (C=O) groups is 1. The zero-order chi connectivity index (χ0) is 20.5. The van der Waals surface area contributed by atoms with Crippen molar-refractivity contribution in [2.75, 3.05) is 19.9 Å². The van der Waals surface area contributed by atoms with Gasteiger partial charge in [-0.15, -0.1) is 0 Å². The van der Waals surface area contributed by atoms with Crippen molar-refractivity contribution in [1.29, 1.82) is 0 Å². The largest absolute Gasteiger partial charge is 0.454 e. The minimum absolute atomic E-state index is 0.0319. The highest BCUT2D eigenvalue weighted by Gasteiger charge is 2.27. The minimum Gasteiger partial charge on any atom is -0.454 e. The number of benzene rings is 2. The molecule has 1 aromatic heterocycles. The predicted octanol–water partition coefficient (Wildman–Crippen LogP) is 3.70. The molecule has 3 heterocycles. The van der Waals surface area contributed by atoms with Gasteiger partial charge in [0.15, 0.2) is 11.5 Å². The summed E-state index contributed by atoms with van der Waals surface area (Å²) in [6.07, 6.45) is 2.41. The van der Waals surface area contributed by atoms with E-state index in [0.29, 0.717) is 48.0 Å². The first-order chi connectivity index (χ1) is 14.7. The van der Waals surface area contributed by atoms with E-state index in [1.54, 1.807) is 36.4 Å². The van der Waals surface area contributed by atoms with Crippen LogP contribution in [0.4, 0.5) is 4.39 Å². The van der Waals surface area contributed by atoms with Gasteiger partial charge in [0.1, 0.15) is 5.82 Å². The molecule has 0 radical (unpaired) electrons. The van der Waals surface area contributed by atoms with Crippen LogP contribution < -0.4 is 9.47 Å². The van der Waals surface area contributed by atoms with Crippen molar-refractivity contribution in [2.24, 2.45) is 5.92 Å². The second-order valence-corrected chi connectivity index (χ2v) is 7.52. The topological polar surface area (TPSA) is 77.7 Å². The van der Waals surface area contributed by atoms with Crippen LogP contribution >= 0.6 is 0 Å². The minimum atomic E-state index is -0.386. The number of carbonyl (C=O) groups excluding carboxylic acids is 1. The molecule has 2 aliphatic rings. The third-order valence-corrected chi connectivity index (χ3v) is 5.47. The molecule has 0 spiro atoms. The van der Waals surface area contributed by atoms with Gasteiger partial charge in [0, 0.05) is 25.1 Å².